The Hall–Kier alpha value is -2.77. The number of likely N-dealkylation sites (tertiary alicyclic amines) is 1. The molecule has 2 aromatic carbocycles. The van der Waals surface area contributed by atoms with E-state index in [2.05, 4.69) is 5.32 Å². The van der Waals surface area contributed by atoms with E-state index in [1.54, 1.807) is 17.0 Å². The van der Waals surface area contributed by atoms with Gasteiger partial charge >= 0.3 is 0 Å². The second-order valence-electron chi connectivity index (χ2n) is 7.02. The van der Waals surface area contributed by atoms with Gasteiger partial charge in [0.1, 0.15) is 0 Å². The highest BCUT2D eigenvalue weighted by Crippen LogP contribution is 2.34. The van der Waals surface area contributed by atoms with Crippen molar-refractivity contribution in [3.63, 3.8) is 0 Å². The second kappa shape index (κ2) is 10.8. The Morgan fingerprint density at radius 2 is 1.67 bits per heavy atom. The molecule has 1 aliphatic heterocycles. The first-order valence-corrected chi connectivity index (χ1v) is 9.69. The fourth-order valence-electron chi connectivity index (χ4n) is 3.47. The fraction of sp³-hybridized carbons (Fsp3) is 0.364. The predicted molar refractivity (Wildman–Crippen MR) is 119 cm³/mol. The number of methoxy groups -OCH3 is 2. The third-order valence-electron chi connectivity index (χ3n) is 5.05. The monoisotopic (exact) mass is 433 g/mol. The molecule has 1 fully saturated rings. The molecule has 1 saturated heterocycles. The molecule has 0 spiro atoms. The minimum absolute atomic E-state index is 0. The van der Waals surface area contributed by atoms with Gasteiger partial charge in [0.25, 0.3) is 5.91 Å². The van der Waals surface area contributed by atoms with Gasteiger partial charge in [-0.3, -0.25) is 9.59 Å². The topological polar surface area (TPSA) is 93.9 Å². The SMILES string of the molecule is COc1cc(NC(=O)CC(N)c2ccccc2)c(C(=O)N2CCCC2)cc1OC.Cl. The minimum Gasteiger partial charge on any atom is -0.493 e. The van der Waals surface area contributed by atoms with Crippen molar-refractivity contribution in [1.82, 2.24) is 4.90 Å². The molecule has 1 heterocycles. The number of benzene rings is 2. The third kappa shape index (κ3) is 5.43. The highest BCUT2D eigenvalue weighted by Gasteiger charge is 2.25. The second-order valence-corrected chi connectivity index (χ2v) is 7.02. The Kier molecular flexibility index (Phi) is 8.50. The summed E-state index contributed by atoms with van der Waals surface area (Å²) in [5.74, 6) is 0.470. The van der Waals surface area contributed by atoms with Crippen LogP contribution in [-0.4, -0.2) is 44.0 Å². The molecule has 3 N–H and O–H groups in total. The Morgan fingerprint density at radius 3 is 2.27 bits per heavy atom. The summed E-state index contributed by atoms with van der Waals surface area (Å²) in [6.45, 7) is 1.42. The maximum absolute atomic E-state index is 13.0. The minimum atomic E-state index is -0.436. The summed E-state index contributed by atoms with van der Waals surface area (Å²) in [6, 6.07) is 12.2. The summed E-state index contributed by atoms with van der Waals surface area (Å²) in [5.41, 5.74) is 7.82. The summed E-state index contributed by atoms with van der Waals surface area (Å²) < 4.78 is 10.7. The maximum atomic E-state index is 13.0. The molecule has 0 bridgehead atoms. The van der Waals surface area contributed by atoms with Gasteiger partial charge in [0.15, 0.2) is 11.5 Å². The van der Waals surface area contributed by atoms with Gasteiger partial charge in [-0.05, 0) is 24.5 Å². The number of rotatable bonds is 7. The van der Waals surface area contributed by atoms with Gasteiger partial charge in [-0.1, -0.05) is 30.3 Å². The largest absolute Gasteiger partial charge is 0.493 e. The first kappa shape index (κ1) is 23.5. The molecule has 162 valence electrons. The van der Waals surface area contributed by atoms with E-state index in [1.807, 2.05) is 30.3 Å². The van der Waals surface area contributed by atoms with E-state index in [4.69, 9.17) is 15.2 Å². The molecule has 1 unspecified atom stereocenters. The molecule has 0 aliphatic carbocycles. The highest BCUT2D eigenvalue weighted by molar-refractivity contribution is 6.04. The summed E-state index contributed by atoms with van der Waals surface area (Å²) in [5, 5.41) is 2.84. The fourth-order valence-corrected chi connectivity index (χ4v) is 3.47. The van der Waals surface area contributed by atoms with Gasteiger partial charge in [0.2, 0.25) is 5.91 Å². The molecule has 3 rings (SSSR count). The van der Waals surface area contributed by atoms with Crippen molar-refractivity contribution < 1.29 is 19.1 Å². The van der Waals surface area contributed by atoms with Crippen molar-refractivity contribution in [3.8, 4) is 11.5 Å². The summed E-state index contributed by atoms with van der Waals surface area (Å²) in [6.07, 6.45) is 2.05. The van der Waals surface area contributed by atoms with Crippen LogP contribution in [0, 0.1) is 0 Å². The molecule has 7 nitrogen and oxygen atoms in total. The number of amides is 2. The summed E-state index contributed by atoms with van der Waals surface area (Å²) in [4.78, 5) is 27.5. The molecule has 1 aliphatic rings. The van der Waals surface area contributed by atoms with Crippen molar-refractivity contribution >= 4 is 29.9 Å². The summed E-state index contributed by atoms with van der Waals surface area (Å²) >= 11 is 0. The number of anilines is 1. The highest BCUT2D eigenvalue weighted by atomic mass is 35.5. The Labute approximate surface area is 182 Å². The lowest BCUT2D eigenvalue weighted by Gasteiger charge is -2.20. The average molecular weight is 434 g/mol. The van der Waals surface area contributed by atoms with E-state index in [-0.39, 0.29) is 30.6 Å². The number of carbonyl (C=O) groups is 2. The van der Waals surface area contributed by atoms with Gasteiger partial charge < -0.3 is 25.4 Å². The van der Waals surface area contributed by atoms with Crippen molar-refractivity contribution in [2.24, 2.45) is 5.73 Å². The van der Waals surface area contributed by atoms with E-state index in [1.165, 1.54) is 14.2 Å². The van der Waals surface area contributed by atoms with Gasteiger partial charge in [0, 0.05) is 31.6 Å². The molecule has 0 aromatic heterocycles. The van der Waals surface area contributed by atoms with Crippen LogP contribution in [0.4, 0.5) is 5.69 Å². The molecular formula is C22H28ClN3O4. The lowest BCUT2D eigenvalue weighted by molar-refractivity contribution is -0.116. The van der Waals surface area contributed by atoms with E-state index in [9.17, 15) is 9.59 Å². The smallest absolute Gasteiger partial charge is 0.256 e. The summed E-state index contributed by atoms with van der Waals surface area (Å²) in [7, 11) is 3.02. The van der Waals surface area contributed by atoms with Crippen LogP contribution in [0.2, 0.25) is 0 Å². The molecule has 0 saturated carbocycles. The zero-order valence-electron chi connectivity index (χ0n) is 17.2. The molecule has 2 amide bonds. The number of hydrogen-bond donors (Lipinski definition) is 2. The van der Waals surface area contributed by atoms with E-state index >= 15 is 0 Å². The molecule has 1 atom stereocenters. The van der Waals surface area contributed by atoms with Gasteiger partial charge in [-0.25, -0.2) is 0 Å². The maximum Gasteiger partial charge on any atom is 0.256 e. The first-order chi connectivity index (χ1) is 14.0. The third-order valence-corrected chi connectivity index (χ3v) is 5.05. The zero-order chi connectivity index (χ0) is 20.8. The van der Waals surface area contributed by atoms with Crippen molar-refractivity contribution in [2.45, 2.75) is 25.3 Å². The van der Waals surface area contributed by atoms with Crippen LogP contribution in [0.25, 0.3) is 0 Å². The van der Waals surface area contributed by atoms with Crippen molar-refractivity contribution in [2.75, 3.05) is 32.6 Å². The van der Waals surface area contributed by atoms with E-state index in [0.717, 1.165) is 18.4 Å². The van der Waals surface area contributed by atoms with Crippen LogP contribution in [0.15, 0.2) is 42.5 Å². The zero-order valence-corrected chi connectivity index (χ0v) is 18.0. The van der Waals surface area contributed by atoms with E-state index < -0.39 is 6.04 Å². The van der Waals surface area contributed by atoms with Crippen LogP contribution < -0.4 is 20.5 Å². The normalized spacial score (nSPS) is 13.9. The lowest BCUT2D eigenvalue weighted by atomic mass is 10.0. The molecular weight excluding hydrogens is 406 g/mol. The number of nitrogens with zero attached hydrogens (tertiary/aromatic N) is 1. The Balaban J connectivity index is 0.00000320. The van der Waals surface area contributed by atoms with Crippen LogP contribution in [0.3, 0.4) is 0 Å². The van der Waals surface area contributed by atoms with Crippen LogP contribution >= 0.6 is 12.4 Å². The number of nitrogens with one attached hydrogen (secondary N) is 1. The van der Waals surface area contributed by atoms with Crippen LogP contribution in [0.5, 0.6) is 11.5 Å². The number of carbonyl (C=O) groups excluding carboxylic acids is 2. The first-order valence-electron chi connectivity index (χ1n) is 9.69. The van der Waals surface area contributed by atoms with Crippen molar-refractivity contribution in [1.29, 1.82) is 0 Å². The average Bonchev–Trinajstić information content (AvgIpc) is 3.28. The number of nitrogens with two attached hydrogens (primary N) is 1. The van der Waals surface area contributed by atoms with E-state index in [0.29, 0.717) is 35.8 Å². The standard InChI is InChI=1S/C22H27N3O4.ClH/c1-28-19-12-16(22(27)25-10-6-7-11-25)18(14-20(19)29-2)24-21(26)13-17(23)15-8-4-3-5-9-15;/h3-5,8-9,12,14,17H,6-7,10-11,13,23H2,1-2H3,(H,24,26);1H. The number of hydrogen-bond acceptors (Lipinski definition) is 5. The molecule has 0 radical (unpaired) electrons. The number of halogens is 1. The predicted octanol–water partition coefficient (Wildman–Crippen LogP) is 3.39. The van der Waals surface area contributed by atoms with Gasteiger partial charge in [-0.2, -0.15) is 0 Å². The Bertz CT molecular complexity index is 870. The van der Waals surface area contributed by atoms with Crippen molar-refractivity contribution in [3.05, 3.63) is 53.6 Å². The van der Waals surface area contributed by atoms with Gasteiger partial charge in [-0.15, -0.1) is 12.4 Å². The lowest BCUT2D eigenvalue weighted by Crippen LogP contribution is -2.29. The number of ether oxygens (including phenoxy) is 2. The molecule has 2 aromatic rings. The van der Waals surface area contributed by atoms with Crippen LogP contribution in [-0.2, 0) is 4.79 Å². The molecule has 8 heteroatoms. The van der Waals surface area contributed by atoms with Gasteiger partial charge in [0.05, 0.1) is 25.5 Å². The Morgan fingerprint density at radius 1 is 1.07 bits per heavy atom. The molecule has 30 heavy (non-hydrogen) atoms. The van der Waals surface area contributed by atoms with Crippen LogP contribution in [0.1, 0.15) is 41.2 Å². The quantitative estimate of drug-likeness (QED) is 0.698.